The Hall–Kier alpha value is -3.84. The molecule has 0 amide bonds. The van der Waals surface area contributed by atoms with Crippen molar-refractivity contribution in [2.45, 2.75) is 12.4 Å². The van der Waals surface area contributed by atoms with Crippen molar-refractivity contribution in [2.75, 3.05) is 60.3 Å². The van der Waals surface area contributed by atoms with E-state index >= 15 is 0 Å². The Bertz CT molecular complexity index is 1190. The van der Waals surface area contributed by atoms with E-state index in [1.165, 1.54) is 24.4 Å². The van der Waals surface area contributed by atoms with Crippen LogP contribution in [0.15, 0.2) is 42.6 Å². The van der Waals surface area contributed by atoms with Gasteiger partial charge in [0.05, 0.1) is 11.1 Å². The molecule has 0 radical (unpaired) electrons. The Morgan fingerprint density at radius 1 is 0.806 bits per heavy atom. The van der Waals surface area contributed by atoms with E-state index in [9.17, 15) is 26.3 Å². The number of nitrogens with one attached hydrogen (secondary N) is 1. The second kappa shape index (κ2) is 9.66. The molecular weight excluding hydrogens is 490 g/mol. The van der Waals surface area contributed by atoms with Gasteiger partial charge in [0, 0.05) is 52.2 Å². The molecule has 1 N–H and O–H groups in total. The first-order valence-electron chi connectivity index (χ1n) is 10.8. The normalized spacial score (nSPS) is 14.7. The molecule has 1 saturated heterocycles. The maximum Gasteiger partial charge on any atom is 0.419 e. The summed E-state index contributed by atoms with van der Waals surface area (Å²) in [6, 6.07) is 6.69. The van der Waals surface area contributed by atoms with Crippen molar-refractivity contribution in [3.05, 3.63) is 53.7 Å². The molecule has 36 heavy (non-hydrogen) atoms. The van der Waals surface area contributed by atoms with E-state index in [2.05, 4.69) is 25.3 Å². The number of rotatable bonds is 5. The first kappa shape index (κ1) is 25.3. The van der Waals surface area contributed by atoms with Gasteiger partial charge in [-0.1, -0.05) is 0 Å². The van der Waals surface area contributed by atoms with Crippen LogP contribution < -0.4 is 20.0 Å². The average molecular weight is 512 g/mol. The van der Waals surface area contributed by atoms with Crippen LogP contribution in [0.3, 0.4) is 0 Å². The number of benzene rings is 1. The van der Waals surface area contributed by atoms with E-state index in [1.807, 2.05) is 0 Å². The van der Waals surface area contributed by atoms with Gasteiger partial charge >= 0.3 is 12.4 Å². The van der Waals surface area contributed by atoms with Gasteiger partial charge in [0.2, 0.25) is 17.8 Å². The summed E-state index contributed by atoms with van der Waals surface area (Å²) < 4.78 is 78.7. The summed E-state index contributed by atoms with van der Waals surface area (Å²) in [5, 5.41) is 2.89. The summed E-state index contributed by atoms with van der Waals surface area (Å²) >= 11 is 0. The lowest BCUT2D eigenvalue weighted by Crippen LogP contribution is -2.48. The zero-order valence-corrected chi connectivity index (χ0v) is 19.3. The zero-order chi connectivity index (χ0) is 26.1. The molecule has 0 saturated carbocycles. The summed E-state index contributed by atoms with van der Waals surface area (Å²) in [4.78, 5) is 22.1. The second-order valence-corrected chi connectivity index (χ2v) is 8.20. The zero-order valence-electron chi connectivity index (χ0n) is 19.3. The molecule has 0 aliphatic carbocycles. The minimum absolute atomic E-state index is 0.120. The lowest BCUT2D eigenvalue weighted by molar-refractivity contribution is -0.138. The number of nitrogens with zero attached hydrogens (tertiary/aromatic N) is 7. The molecule has 1 fully saturated rings. The van der Waals surface area contributed by atoms with Crippen LogP contribution in [0.2, 0.25) is 0 Å². The molecule has 0 unspecified atom stereocenters. The molecule has 1 aromatic carbocycles. The lowest BCUT2D eigenvalue weighted by Gasteiger charge is -2.36. The van der Waals surface area contributed by atoms with Crippen molar-refractivity contribution >= 4 is 29.4 Å². The van der Waals surface area contributed by atoms with Gasteiger partial charge in [0.25, 0.3) is 0 Å². The molecule has 3 heterocycles. The first-order chi connectivity index (χ1) is 16.9. The third-order valence-corrected chi connectivity index (χ3v) is 5.43. The first-order valence-corrected chi connectivity index (χ1v) is 10.8. The van der Waals surface area contributed by atoms with E-state index in [0.29, 0.717) is 30.7 Å². The summed E-state index contributed by atoms with van der Waals surface area (Å²) in [6.07, 6.45) is -7.64. The predicted molar refractivity (Wildman–Crippen MR) is 123 cm³/mol. The van der Waals surface area contributed by atoms with Crippen LogP contribution in [-0.4, -0.2) is 60.2 Å². The van der Waals surface area contributed by atoms with Gasteiger partial charge in [-0.25, -0.2) is 4.98 Å². The smallest absolute Gasteiger partial charge is 0.353 e. The minimum Gasteiger partial charge on any atom is -0.353 e. The summed E-state index contributed by atoms with van der Waals surface area (Å²) in [7, 11) is 3.44. The van der Waals surface area contributed by atoms with Crippen molar-refractivity contribution in [3.8, 4) is 0 Å². The predicted octanol–water partition coefficient (Wildman–Crippen LogP) is 4.44. The molecule has 14 heteroatoms. The fourth-order valence-corrected chi connectivity index (χ4v) is 3.61. The van der Waals surface area contributed by atoms with E-state index in [-0.39, 0.29) is 24.9 Å². The van der Waals surface area contributed by atoms with Gasteiger partial charge in [-0.3, -0.25) is 0 Å². The lowest BCUT2D eigenvalue weighted by atomic mass is 10.2. The summed E-state index contributed by atoms with van der Waals surface area (Å²) in [5.41, 5.74) is -1.22. The van der Waals surface area contributed by atoms with Crippen molar-refractivity contribution in [1.82, 2.24) is 19.9 Å². The molecule has 1 aliphatic rings. The number of hydrogen-bond acceptors (Lipinski definition) is 8. The van der Waals surface area contributed by atoms with Crippen molar-refractivity contribution in [2.24, 2.45) is 0 Å². The fourth-order valence-electron chi connectivity index (χ4n) is 3.61. The highest BCUT2D eigenvalue weighted by Gasteiger charge is 2.36. The van der Waals surface area contributed by atoms with Gasteiger partial charge in [-0.2, -0.15) is 41.3 Å². The van der Waals surface area contributed by atoms with E-state index < -0.39 is 23.5 Å². The third-order valence-electron chi connectivity index (χ3n) is 5.43. The number of pyridine rings is 1. The average Bonchev–Trinajstić information content (AvgIpc) is 2.83. The quantitative estimate of drug-likeness (QED) is 0.504. The second-order valence-electron chi connectivity index (χ2n) is 8.20. The summed E-state index contributed by atoms with van der Waals surface area (Å²) in [6.45, 7) is 1.16. The van der Waals surface area contributed by atoms with Crippen LogP contribution in [0.4, 0.5) is 55.7 Å². The molecule has 8 nitrogen and oxygen atoms in total. The van der Waals surface area contributed by atoms with Crippen LogP contribution in [-0.2, 0) is 12.4 Å². The number of piperazine rings is 1. The highest BCUT2D eigenvalue weighted by Crippen LogP contribution is 2.35. The SMILES string of the molecule is CN(C)c1nc(Nc2ccc(C(F)(F)F)cc2)nc(N2CCN(c3ncccc3C(F)(F)F)CC2)n1. The highest BCUT2D eigenvalue weighted by atomic mass is 19.4. The number of anilines is 5. The number of hydrogen-bond donors (Lipinski definition) is 1. The Labute approximate surface area is 202 Å². The van der Waals surface area contributed by atoms with Crippen molar-refractivity contribution in [1.29, 1.82) is 0 Å². The Balaban J connectivity index is 1.52. The Morgan fingerprint density at radius 2 is 1.44 bits per heavy atom. The van der Waals surface area contributed by atoms with Crippen LogP contribution in [0, 0.1) is 0 Å². The highest BCUT2D eigenvalue weighted by molar-refractivity contribution is 5.57. The van der Waals surface area contributed by atoms with E-state index in [1.54, 1.807) is 28.8 Å². The van der Waals surface area contributed by atoms with Crippen molar-refractivity contribution < 1.29 is 26.3 Å². The molecule has 3 aromatic rings. The largest absolute Gasteiger partial charge is 0.419 e. The molecule has 4 rings (SSSR count). The molecule has 192 valence electrons. The maximum atomic E-state index is 13.4. The van der Waals surface area contributed by atoms with Gasteiger partial charge in [-0.05, 0) is 36.4 Å². The molecule has 0 spiro atoms. The van der Waals surface area contributed by atoms with E-state index in [4.69, 9.17) is 0 Å². The van der Waals surface area contributed by atoms with E-state index in [0.717, 1.165) is 18.2 Å². The fraction of sp³-hybridized carbons (Fsp3) is 0.364. The molecule has 0 atom stereocenters. The Kier molecular flexibility index (Phi) is 6.78. The molecule has 1 aliphatic heterocycles. The monoisotopic (exact) mass is 512 g/mol. The topological polar surface area (TPSA) is 73.3 Å². The minimum atomic E-state index is -4.52. The van der Waals surface area contributed by atoms with Gasteiger partial charge in [0.1, 0.15) is 5.82 Å². The molecule has 2 aromatic heterocycles. The van der Waals surface area contributed by atoms with Crippen LogP contribution >= 0.6 is 0 Å². The van der Waals surface area contributed by atoms with Crippen LogP contribution in [0.25, 0.3) is 0 Å². The van der Waals surface area contributed by atoms with Crippen LogP contribution in [0.1, 0.15) is 11.1 Å². The van der Waals surface area contributed by atoms with Gasteiger partial charge in [0.15, 0.2) is 0 Å². The summed E-state index contributed by atoms with van der Waals surface area (Å²) in [5.74, 6) is 0.592. The van der Waals surface area contributed by atoms with Gasteiger partial charge in [-0.15, -0.1) is 0 Å². The standard InChI is InChI=1S/C22H22F6N8/c1-34(2)19-31-18(30-15-7-5-14(6-8-15)21(23,24)25)32-20(33-19)36-12-10-35(11-13-36)17-16(22(26,27)28)4-3-9-29-17/h3-9H,10-13H2,1-2H3,(H,30,31,32,33). The molecular formula is C22H22F6N8. The number of aromatic nitrogens is 4. The number of alkyl halides is 6. The maximum absolute atomic E-state index is 13.4. The molecule has 0 bridgehead atoms. The third kappa shape index (κ3) is 5.69. The van der Waals surface area contributed by atoms with Crippen LogP contribution in [0.5, 0.6) is 0 Å². The Morgan fingerprint density at radius 3 is 2.03 bits per heavy atom. The number of halogens is 6. The van der Waals surface area contributed by atoms with Crippen molar-refractivity contribution in [3.63, 3.8) is 0 Å². The van der Waals surface area contributed by atoms with Gasteiger partial charge < -0.3 is 20.0 Å².